The van der Waals surface area contributed by atoms with Crippen molar-refractivity contribution < 1.29 is 14.3 Å². The van der Waals surface area contributed by atoms with Gasteiger partial charge in [-0.05, 0) is 56.0 Å². The fraction of sp³-hybridized carbons (Fsp3) is 0.423. The van der Waals surface area contributed by atoms with Gasteiger partial charge in [0.1, 0.15) is 19.5 Å². The lowest BCUT2D eigenvalue weighted by atomic mass is 9.78. The summed E-state index contributed by atoms with van der Waals surface area (Å²) in [6.45, 7) is 5.93. The number of benzene rings is 2. The molecule has 8 heteroatoms. The Morgan fingerprint density at radius 1 is 1.09 bits per heavy atom. The largest absolute Gasteiger partial charge is 0.486 e. The van der Waals surface area contributed by atoms with Gasteiger partial charge in [0.2, 0.25) is 5.91 Å². The number of carbonyl (C=O) groups is 1. The minimum Gasteiger partial charge on any atom is -0.486 e. The van der Waals surface area contributed by atoms with Crippen LogP contribution in [0.5, 0.6) is 11.5 Å². The predicted octanol–water partition coefficient (Wildman–Crippen LogP) is 4.38. The monoisotopic (exact) mass is 478 g/mol. The Bertz CT molecular complexity index is 1190. The third kappa shape index (κ3) is 4.64. The topological polar surface area (TPSA) is 78.3 Å². The lowest BCUT2D eigenvalue weighted by Gasteiger charge is -2.31. The highest BCUT2D eigenvalue weighted by molar-refractivity contribution is 7.99. The van der Waals surface area contributed by atoms with Crippen LogP contribution in [0.3, 0.4) is 0 Å². The van der Waals surface area contributed by atoms with Gasteiger partial charge in [-0.15, -0.1) is 10.2 Å². The number of hydrogen-bond donors (Lipinski definition) is 1. The highest BCUT2D eigenvalue weighted by Gasteiger charge is 2.36. The van der Waals surface area contributed by atoms with Gasteiger partial charge in [0.05, 0.1) is 11.4 Å². The van der Waals surface area contributed by atoms with Crippen LogP contribution in [-0.4, -0.2) is 46.2 Å². The molecule has 7 nitrogen and oxygen atoms in total. The molecule has 178 valence electrons. The van der Waals surface area contributed by atoms with Crippen LogP contribution in [0, 0.1) is 13.8 Å². The number of aromatic nitrogens is 3. The van der Waals surface area contributed by atoms with Gasteiger partial charge in [0.15, 0.2) is 16.7 Å². The zero-order valence-electron chi connectivity index (χ0n) is 19.7. The first-order valence-electron chi connectivity index (χ1n) is 11.8. The Labute approximate surface area is 204 Å². The lowest BCUT2D eigenvalue weighted by Crippen LogP contribution is -2.39. The molecule has 0 atom stereocenters. The molecule has 1 saturated carbocycles. The number of nitrogens with zero attached hydrogens (tertiary/aromatic N) is 3. The Kier molecular flexibility index (Phi) is 6.50. The number of nitrogens with one attached hydrogen (secondary N) is 1. The zero-order valence-corrected chi connectivity index (χ0v) is 20.5. The Morgan fingerprint density at radius 3 is 2.68 bits per heavy atom. The van der Waals surface area contributed by atoms with E-state index in [2.05, 4.69) is 59.7 Å². The van der Waals surface area contributed by atoms with E-state index in [9.17, 15) is 4.79 Å². The number of thioether (sulfide) groups is 1. The molecule has 2 aliphatic rings. The highest BCUT2D eigenvalue weighted by Crippen LogP contribution is 2.43. The van der Waals surface area contributed by atoms with Crippen LogP contribution < -0.4 is 14.8 Å². The minimum absolute atomic E-state index is 0.00370. The molecule has 0 unspecified atom stereocenters. The van der Waals surface area contributed by atoms with Crippen LogP contribution in [0.25, 0.3) is 5.69 Å². The summed E-state index contributed by atoms with van der Waals surface area (Å²) >= 11 is 1.41. The first kappa shape index (κ1) is 22.8. The zero-order chi connectivity index (χ0) is 23.5. The number of aryl methyl sites for hydroxylation is 2. The number of ether oxygens (including phenoxy) is 2. The second kappa shape index (κ2) is 9.70. The van der Waals surface area contributed by atoms with Crippen molar-refractivity contribution in [3.8, 4) is 17.2 Å². The smallest absolute Gasteiger partial charge is 0.230 e. The predicted molar refractivity (Wildman–Crippen MR) is 132 cm³/mol. The van der Waals surface area contributed by atoms with Crippen LogP contribution in [0.2, 0.25) is 0 Å². The normalized spacial score (nSPS) is 16.4. The second-order valence-corrected chi connectivity index (χ2v) is 10.1. The van der Waals surface area contributed by atoms with E-state index in [1.54, 1.807) is 6.33 Å². The highest BCUT2D eigenvalue weighted by atomic mass is 32.2. The number of amides is 1. The van der Waals surface area contributed by atoms with E-state index in [0.29, 0.717) is 30.7 Å². The van der Waals surface area contributed by atoms with Gasteiger partial charge in [-0.1, -0.05) is 48.4 Å². The molecule has 0 bridgehead atoms. The molecule has 5 rings (SSSR count). The number of fused-ring (bicyclic) bond motifs is 1. The molecule has 34 heavy (non-hydrogen) atoms. The molecular formula is C26H30N4O3S. The Morgan fingerprint density at radius 2 is 1.88 bits per heavy atom. The molecule has 1 aliphatic carbocycles. The average molecular weight is 479 g/mol. The molecule has 3 aromatic rings. The summed E-state index contributed by atoms with van der Waals surface area (Å²) in [5.41, 5.74) is 4.55. The van der Waals surface area contributed by atoms with Gasteiger partial charge < -0.3 is 14.8 Å². The number of rotatable bonds is 7. The van der Waals surface area contributed by atoms with E-state index in [1.165, 1.54) is 22.9 Å². The van der Waals surface area contributed by atoms with Gasteiger partial charge in [-0.2, -0.15) is 0 Å². The summed E-state index contributed by atoms with van der Waals surface area (Å²) in [5.74, 6) is 1.91. The molecule has 1 amide bonds. The molecule has 1 aromatic heterocycles. The summed E-state index contributed by atoms with van der Waals surface area (Å²) < 4.78 is 13.4. The quantitative estimate of drug-likeness (QED) is 0.508. The molecule has 0 spiro atoms. The molecule has 1 N–H and O–H groups in total. The summed E-state index contributed by atoms with van der Waals surface area (Å²) in [5, 5.41) is 12.2. The molecule has 1 fully saturated rings. The summed E-state index contributed by atoms with van der Waals surface area (Å²) in [7, 11) is 0. The first-order valence-corrected chi connectivity index (χ1v) is 12.8. The molecule has 0 saturated heterocycles. The summed E-state index contributed by atoms with van der Waals surface area (Å²) in [4.78, 5) is 12.8. The van der Waals surface area contributed by atoms with Crippen LogP contribution in [0.1, 0.15) is 42.4 Å². The fourth-order valence-electron chi connectivity index (χ4n) is 5.01. The van der Waals surface area contributed by atoms with Crippen molar-refractivity contribution >= 4 is 17.7 Å². The molecule has 2 heterocycles. The third-order valence-electron chi connectivity index (χ3n) is 6.80. The standard InChI is InChI=1S/C26H30N4O3S/c1-18-5-7-21(19(2)13-18)30-17-28-29-25(30)34-15-24(31)27-16-26(9-3-4-10-26)20-6-8-22-23(14-20)33-12-11-32-22/h5-8,13-14,17H,3-4,9-12,15-16H2,1-2H3,(H,27,31). The number of hydrogen-bond acceptors (Lipinski definition) is 6. The van der Waals surface area contributed by atoms with Crippen molar-refractivity contribution in [3.63, 3.8) is 0 Å². The van der Waals surface area contributed by atoms with E-state index in [1.807, 2.05) is 10.6 Å². The van der Waals surface area contributed by atoms with E-state index in [4.69, 9.17) is 9.47 Å². The molecule has 2 aromatic carbocycles. The Balaban J connectivity index is 1.24. The number of carbonyl (C=O) groups excluding carboxylic acids is 1. The van der Waals surface area contributed by atoms with Crippen molar-refractivity contribution in [2.24, 2.45) is 0 Å². The van der Waals surface area contributed by atoms with Crippen molar-refractivity contribution in [2.75, 3.05) is 25.5 Å². The first-order chi connectivity index (χ1) is 16.5. The third-order valence-corrected chi connectivity index (χ3v) is 7.74. The maximum Gasteiger partial charge on any atom is 0.230 e. The molecule has 0 radical (unpaired) electrons. The van der Waals surface area contributed by atoms with E-state index >= 15 is 0 Å². The van der Waals surface area contributed by atoms with Gasteiger partial charge >= 0.3 is 0 Å². The molecule has 1 aliphatic heterocycles. The minimum atomic E-state index is -0.0603. The van der Waals surface area contributed by atoms with Crippen LogP contribution in [0.4, 0.5) is 0 Å². The van der Waals surface area contributed by atoms with E-state index < -0.39 is 0 Å². The van der Waals surface area contributed by atoms with E-state index in [-0.39, 0.29) is 11.3 Å². The van der Waals surface area contributed by atoms with Gasteiger partial charge in [-0.25, -0.2) is 0 Å². The van der Waals surface area contributed by atoms with Crippen molar-refractivity contribution in [3.05, 3.63) is 59.4 Å². The van der Waals surface area contributed by atoms with Gasteiger partial charge in [0, 0.05) is 12.0 Å². The Hall–Kier alpha value is -3.00. The SMILES string of the molecule is Cc1ccc(-n2cnnc2SCC(=O)NCC2(c3ccc4c(c3)OCCO4)CCCC2)c(C)c1. The average Bonchev–Trinajstić information content (AvgIpc) is 3.52. The van der Waals surface area contributed by atoms with Gasteiger partial charge in [-0.3, -0.25) is 9.36 Å². The maximum absolute atomic E-state index is 12.8. The molecular weight excluding hydrogens is 448 g/mol. The lowest BCUT2D eigenvalue weighted by molar-refractivity contribution is -0.118. The maximum atomic E-state index is 12.8. The summed E-state index contributed by atoms with van der Waals surface area (Å²) in [6.07, 6.45) is 6.14. The second-order valence-electron chi connectivity index (χ2n) is 9.18. The van der Waals surface area contributed by atoms with E-state index in [0.717, 1.165) is 48.4 Å². The van der Waals surface area contributed by atoms with Crippen LogP contribution in [-0.2, 0) is 10.2 Å². The van der Waals surface area contributed by atoms with Crippen molar-refractivity contribution in [1.82, 2.24) is 20.1 Å². The van der Waals surface area contributed by atoms with Crippen molar-refractivity contribution in [1.29, 1.82) is 0 Å². The summed E-state index contributed by atoms with van der Waals surface area (Å²) in [6, 6.07) is 12.5. The van der Waals surface area contributed by atoms with Crippen LogP contribution in [0.15, 0.2) is 47.9 Å². The fourth-order valence-corrected chi connectivity index (χ4v) is 5.76. The van der Waals surface area contributed by atoms with Gasteiger partial charge in [0.25, 0.3) is 0 Å². The van der Waals surface area contributed by atoms with Crippen LogP contribution >= 0.6 is 11.8 Å². The van der Waals surface area contributed by atoms with Crippen molar-refractivity contribution in [2.45, 2.75) is 50.1 Å².